The molecule has 2 aromatic rings. The summed E-state index contributed by atoms with van der Waals surface area (Å²) in [7, 11) is 0. The molecule has 1 atom stereocenters. The first-order chi connectivity index (χ1) is 9.60. The number of nitrogens with one attached hydrogen (secondary N) is 1. The van der Waals surface area contributed by atoms with Crippen LogP contribution in [0, 0.1) is 20.8 Å². The Balaban J connectivity index is 2.38. The summed E-state index contributed by atoms with van der Waals surface area (Å²) in [6.07, 6.45) is 4.81. The Morgan fingerprint density at radius 2 is 1.70 bits per heavy atom. The third-order valence-corrected chi connectivity index (χ3v) is 3.27. The Kier molecular flexibility index (Phi) is 4.85. The lowest BCUT2D eigenvalue weighted by Gasteiger charge is -2.19. The summed E-state index contributed by atoms with van der Waals surface area (Å²) in [6, 6.07) is 6.76. The van der Waals surface area contributed by atoms with Crippen LogP contribution in [0.1, 0.15) is 47.5 Å². The van der Waals surface area contributed by atoms with Gasteiger partial charge >= 0.3 is 0 Å². The molecule has 0 fully saturated rings. The standard InChI is InChI=1S/C17H23N3/c1-5-6-18-17(16-11-19-14(4)10-20-16)15-8-12(2)7-13(3)9-15/h7-11,17-18H,5-6H2,1-4H3. The van der Waals surface area contributed by atoms with Crippen LogP contribution >= 0.6 is 0 Å². The van der Waals surface area contributed by atoms with E-state index in [9.17, 15) is 0 Å². The highest BCUT2D eigenvalue weighted by Crippen LogP contribution is 2.22. The second-order valence-corrected chi connectivity index (χ2v) is 5.39. The van der Waals surface area contributed by atoms with Crippen molar-refractivity contribution in [1.29, 1.82) is 0 Å². The molecule has 0 saturated carbocycles. The van der Waals surface area contributed by atoms with E-state index in [-0.39, 0.29) is 6.04 Å². The molecule has 3 nitrogen and oxygen atoms in total. The number of benzene rings is 1. The van der Waals surface area contributed by atoms with Crippen molar-refractivity contribution in [3.63, 3.8) is 0 Å². The lowest BCUT2D eigenvalue weighted by molar-refractivity contribution is 0.583. The van der Waals surface area contributed by atoms with E-state index in [1.54, 1.807) is 0 Å². The molecule has 2 rings (SSSR count). The van der Waals surface area contributed by atoms with Gasteiger partial charge in [0.25, 0.3) is 0 Å². The van der Waals surface area contributed by atoms with E-state index in [2.05, 4.69) is 54.3 Å². The Bertz CT molecular complexity index is 541. The van der Waals surface area contributed by atoms with Gasteiger partial charge in [0.15, 0.2) is 0 Å². The van der Waals surface area contributed by atoms with E-state index in [1.165, 1.54) is 16.7 Å². The summed E-state index contributed by atoms with van der Waals surface area (Å²) >= 11 is 0. The Morgan fingerprint density at radius 3 is 2.25 bits per heavy atom. The van der Waals surface area contributed by atoms with E-state index >= 15 is 0 Å². The third-order valence-electron chi connectivity index (χ3n) is 3.27. The van der Waals surface area contributed by atoms with Crippen molar-refractivity contribution < 1.29 is 0 Å². The van der Waals surface area contributed by atoms with Crippen molar-refractivity contribution in [3.05, 3.63) is 58.7 Å². The minimum Gasteiger partial charge on any atom is -0.305 e. The van der Waals surface area contributed by atoms with Crippen molar-refractivity contribution in [2.45, 2.75) is 40.2 Å². The van der Waals surface area contributed by atoms with Gasteiger partial charge in [-0.3, -0.25) is 9.97 Å². The summed E-state index contributed by atoms with van der Waals surface area (Å²) < 4.78 is 0. The van der Waals surface area contributed by atoms with Gasteiger partial charge in [0.05, 0.1) is 23.6 Å². The number of rotatable bonds is 5. The molecule has 1 heterocycles. The van der Waals surface area contributed by atoms with Crippen LogP contribution in [-0.4, -0.2) is 16.5 Å². The van der Waals surface area contributed by atoms with Crippen LogP contribution in [0.5, 0.6) is 0 Å². The molecule has 1 aromatic carbocycles. The molecular weight excluding hydrogens is 246 g/mol. The zero-order chi connectivity index (χ0) is 14.5. The first-order valence-electron chi connectivity index (χ1n) is 7.20. The smallest absolute Gasteiger partial charge is 0.0801 e. The molecule has 0 saturated heterocycles. The normalized spacial score (nSPS) is 12.4. The lowest BCUT2D eigenvalue weighted by atomic mass is 9.99. The van der Waals surface area contributed by atoms with Gasteiger partial charge in [0.2, 0.25) is 0 Å². The first-order valence-corrected chi connectivity index (χ1v) is 7.20. The van der Waals surface area contributed by atoms with E-state index < -0.39 is 0 Å². The summed E-state index contributed by atoms with van der Waals surface area (Å²) in [6.45, 7) is 9.37. The molecule has 20 heavy (non-hydrogen) atoms. The van der Waals surface area contributed by atoms with Crippen LogP contribution in [0.4, 0.5) is 0 Å². The molecule has 0 aliphatic rings. The zero-order valence-corrected chi connectivity index (χ0v) is 12.8. The van der Waals surface area contributed by atoms with Crippen LogP contribution in [0.2, 0.25) is 0 Å². The predicted octanol–water partition coefficient (Wildman–Crippen LogP) is 3.49. The lowest BCUT2D eigenvalue weighted by Crippen LogP contribution is -2.24. The van der Waals surface area contributed by atoms with Gasteiger partial charge in [-0.25, -0.2) is 0 Å². The van der Waals surface area contributed by atoms with Crippen LogP contribution in [0.15, 0.2) is 30.6 Å². The van der Waals surface area contributed by atoms with E-state index in [4.69, 9.17) is 0 Å². The summed E-state index contributed by atoms with van der Waals surface area (Å²) in [5.74, 6) is 0. The van der Waals surface area contributed by atoms with Crippen molar-refractivity contribution >= 4 is 0 Å². The highest BCUT2D eigenvalue weighted by molar-refractivity contribution is 5.34. The van der Waals surface area contributed by atoms with Gasteiger partial charge in [-0.1, -0.05) is 36.2 Å². The van der Waals surface area contributed by atoms with Crippen molar-refractivity contribution in [1.82, 2.24) is 15.3 Å². The molecule has 0 aliphatic heterocycles. The van der Waals surface area contributed by atoms with Crippen molar-refractivity contribution in [2.24, 2.45) is 0 Å². The number of aromatic nitrogens is 2. The molecule has 0 aliphatic carbocycles. The topological polar surface area (TPSA) is 37.8 Å². The fraction of sp³-hybridized carbons (Fsp3) is 0.412. The maximum Gasteiger partial charge on any atom is 0.0801 e. The average Bonchev–Trinajstić information content (AvgIpc) is 2.40. The minimum absolute atomic E-state index is 0.113. The van der Waals surface area contributed by atoms with Crippen LogP contribution in [-0.2, 0) is 0 Å². The summed E-state index contributed by atoms with van der Waals surface area (Å²) in [5.41, 5.74) is 5.75. The van der Waals surface area contributed by atoms with Crippen LogP contribution < -0.4 is 5.32 Å². The molecule has 1 aromatic heterocycles. The highest BCUT2D eigenvalue weighted by atomic mass is 14.9. The van der Waals surface area contributed by atoms with Crippen molar-refractivity contribution in [2.75, 3.05) is 6.54 Å². The second-order valence-electron chi connectivity index (χ2n) is 5.39. The van der Waals surface area contributed by atoms with E-state index in [0.717, 1.165) is 24.4 Å². The Labute approximate surface area is 121 Å². The molecule has 1 N–H and O–H groups in total. The molecule has 1 unspecified atom stereocenters. The zero-order valence-electron chi connectivity index (χ0n) is 12.8. The quantitative estimate of drug-likeness (QED) is 0.903. The highest BCUT2D eigenvalue weighted by Gasteiger charge is 2.15. The molecule has 0 amide bonds. The first kappa shape index (κ1) is 14.7. The van der Waals surface area contributed by atoms with Crippen LogP contribution in [0.25, 0.3) is 0 Å². The molecule has 0 radical (unpaired) electrons. The monoisotopic (exact) mass is 269 g/mol. The SMILES string of the molecule is CCCNC(c1cc(C)cc(C)c1)c1cnc(C)cn1. The van der Waals surface area contributed by atoms with E-state index in [1.807, 2.05) is 19.3 Å². The maximum atomic E-state index is 4.54. The van der Waals surface area contributed by atoms with Gasteiger partial charge < -0.3 is 5.32 Å². The van der Waals surface area contributed by atoms with Gasteiger partial charge in [-0.2, -0.15) is 0 Å². The molecule has 0 bridgehead atoms. The Morgan fingerprint density at radius 1 is 1.00 bits per heavy atom. The summed E-state index contributed by atoms with van der Waals surface area (Å²) in [4.78, 5) is 8.92. The number of hydrogen-bond acceptors (Lipinski definition) is 3. The average molecular weight is 269 g/mol. The second kappa shape index (κ2) is 6.62. The van der Waals surface area contributed by atoms with Gasteiger partial charge in [0, 0.05) is 6.20 Å². The van der Waals surface area contributed by atoms with E-state index in [0.29, 0.717) is 0 Å². The fourth-order valence-corrected chi connectivity index (χ4v) is 2.41. The summed E-state index contributed by atoms with van der Waals surface area (Å²) in [5, 5.41) is 3.57. The molecular formula is C17H23N3. The fourth-order valence-electron chi connectivity index (χ4n) is 2.41. The maximum absolute atomic E-state index is 4.54. The minimum atomic E-state index is 0.113. The molecule has 106 valence electrons. The van der Waals surface area contributed by atoms with Gasteiger partial charge in [0.1, 0.15) is 0 Å². The van der Waals surface area contributed by atoms with Crippen molar-refractivity contribution in [3.8, 4) is 0 Å². The number of hydrogen-bond donors (Lipinski definition) is 1. The third kappa shape index (κ3) is 3.64. The van der Waals surface area contributed by atoms with Gasteiger partial charge in [-0.05, 0) is 39.3 Å². The van der Waals surface area contributed by atoms with Gasteiger partial charge in [-0.15, -0.1) is 0 Å². The Hall–Kier alpha value is -1.74. The molecule has 0 spiro atoms. The molecule has 3 heteroatoms. The number of aryl methyl sites for hydroxylation is 3. The number of nitrogens with zero attached hydrogens (tertiary/aromatic N) is 2. The predicted molar refractivity (Wildman–Crippen MR) is 82.8 cm³/mol. The largest absolute Gasteiger partial charge is 0.305 e. The van der Waals surface area contributed by atoms with Crippen LogP contribution in [0.3, 0.4) is 0 Å².